The van der Waals surface area contributed by atoms with Gasteiger partial charge in [0.05, 0.1) is 17.1 Å². The SMILES string of the molecule is CC1CC(CN)CN1C(C)c1nc2ccccc2n1C. The number of hydrogen-bond donors (Lipinski definition) is 1. The van der Waals surface area contributed by atoms with Crippen molar-refractivity contribution in [2.24, 2.45) is 18.7 Å². The fourth-order valence-electron chi connectivity index (χ4n) is 3.57. The summed E-state index contributed by atoms with van der Waals surface area (Å²) in [5.74, 6) is 1.78. The summed E-state index contributed by atoms with van der Waals surface area (Å²) < 4.78 is 2.22. The van der Waals surface area contributed by atoms with Crippen LogP contribution < -0.4 is 5.73 Å². The highest BCUT2D eigenvalue weighted by molar-refractivity contribution is 5.75. The molecule has 4 nitrogen and oxygen atoms in total. The zero-order valence-electron chi connectivity index (χ0n) is 12.6. The van der Waals surface area contributed by atoms with Crippen molar-refractivity contribution >= 4 is 11.0 Å². The van der Waals surface area contributed by atoms with Gasteiger partial charge in [0.15, 0.2) is 0 Å². The number of aryl methyl sites for hydroxylation is 1. The van der Waals surface area contributed by atoms with Gasteiger partial charge in [0.25, 0.3) is 0 Å². The summed E-state index contributed by atoms with van der Waals surface area (Å²) in [6, 6.07) is 9.25. The number of fused-ring (bicyclic) bond motifs is 1. The third-order valence-electron chi connectivity index (χ3n) is 4.74. The summed E-state index contributed by atoms with van der Waals surface area (Å²) in [4.78, 5) is 7.37. The second-order valence-electron chi connectivity index (χ2n) is 6.08. The molecule has 2 heterocycles. The number of benzene rings is 1. The van der Waals surface area contributed by atoms with Crippen LogP contribution in [0.15, 0.2) is 24.3 Å². The van der Waals surface area contributed by atoms with Gasteiger partial charge >= 0.3 is 0 Å². The maximum absolute atomic E-state index is 5.84. The predicted octanol–water partition coefficient (Wildman–Crippen LogP) is 2.30. The third-order valence-corrected chi connectivity index (χ3v) is 4.74. The van der Waals surface area contributed by atoms with Crippen molar-refractivity contribution in [1.82, 2.24) is 14.5 Å². The molecular formula is C16H24N4. The molecule has 108 valence electrons. The monoisotopic (exact) mass is 272 g/mol. The largest absolute Gasteiger partial charge is 0.330 e. The maximum atomic E-state index is 5.84. The van der Waals surface area contributed by atoms with Crippen molar-refractivity contribution in [2.45, 2.75) is 32.4 Å². The van der Waals surface area contributed by atoms with E-state index in [2.05, 4.69) is 48.6 Å². The molecule has 0 bridgehead atoms. The molecule has 0 spiro atoms. The Morgan fingerprint density at radius 1 is 1.40 bits per heavy atom. The van der Waals surface area contributed by atoms with E-state index in [1.807, 2.05) is 6.07 Å². The minimum Gasteiger partial charge on any atom is -0.330 e. The molecule has 3 rings (SSSR count). The van der Waals surface area contributed by atoms with Gasteiger partial charge in [0.2, 0.25) is 0 Å². The molecule has 4 heteroatoms. The van der Waals surface area contributed by atoms with Crippen LogP contribution in [0.25, 0.3) is 11.0 Å². The van der Waals surface area contributed by atoms with Gasteiger partial charge in [-0.3, -0.25) is 4.90 Å². The van der Waals surface area contributed by atoms with Crippen molar-refractivity contribution in [3.8, 4) is 0 Å². The smallest absolute Gasteiger partial charge is 0.126 e. The summed E-state index contributed by atoms with van der Waals surface area (Å²) in [6.07, 6.45) is 1.20. The summed E-state index contributed by atoms with van der Waals surface area (Å²) in [7, 11) is 2.11. The van der Waals surface area contributed by atoms with Crippen LogP contribution in [0.4, 0.5) is 0 Å². The Kier molecular flexibility index (Phi) is 3.52. The first kappa shape index (κ1) is 13.6. The second kappa shape index (κ2) is 5.19. The lowest BCUT2D eigenvalue weighted by Crippen LogP contribution is -2.32. The number of nitrogens with two attached hydrogens (primary N) is 1. The number of rotatable bonds is 3. The molecule has 20 heavy (non-hydrogen) atoms. The average molecular weight is 272 g/mol. The van der Waals surface area contributed by atoms with Crippen LogP contribution in [0.5, 0.6) is 0 Å². The van der Waals surface area contributed by atoms with Crippen LogP contribution in [0.2, 0.25) is 0 Å². The molecule has 1 aliphatic rings. The number of nitrogens with zero attached hydrogens (tertiary/aromatic N) is 3. The van der Waals surface area contributed by atoms with Crippen LogP contribution in [0.1, 0.15) is 32.1 Å². The van der Waals surface area contributed by atoms with Gasteiger partial charge in [-0.25, -0.2) is 4.98 Å². The van der Waals surface area contributed by atoms with E-state index < -0.39 is 0 Å². The summed E-state index contributed by atoms with van der Waals surface area (Å²) >= 11 is 0. The molecule has 1 saturated heterocycles. The molecule has 3 atom stereocenters. The lowest BCUT2D eigenvalue weighted by Gasteiger charge is -2.28. The van der Waals surface area contributed by atoms with E-state index in [0.29, 0.717) is 18.0 Å². The minimum absolute atomic E-state index is 0.332. The lowest BCUT2D eigenvalue weighted by molar-refractivity contribution is 0.191. The molecule has 1 aromatic heterocycles. The number of likely N-dealkylation sites (tertiary alicyclic amines) is 1. The topological polar surface area (TPSA) is 47.1 Å². The van der Waals surface area contributed by atoms with Crippen molar-refractivity contribution < 1.29 is 0 Å². The molecule has 3 unspecified atom stereocenters. The Bertz CT molecular complexity index is 604. The van der Waals surface area contributed by atoms with Crippen molar-refractivity contribution in [1.29, 1.82) is 0 Å². The number of imidazole rings is 1. The average Bonchev–Trinajstić information content (AvgIpc) is 3.00. The first-order chi connectivity index (χ1) is 9.61. The number of aromatic nitrogens is 2. The number of hydrogen-bond acceptors (Lipinski definition) is 3. The highest BCUT2D eigenvalue weighted by atomic mass is 15.2. The second-order valence-corrected chi connectivity index (χ2v) is 6.08. The summed E-state index contributed by atoms with van der Waals surface area (Å²) in [5.41, 5.74) is 8.13. The molecular weight excluding hydrogens is 248 g/mol. The van der Waals surface area contributed by atoms with Gasteiger partial charge in [0, 0.05) is 19.6 Å². The highest BCUT2D eigenvalue weighted by Gasteiger charge is 2.33. The van der Waals surface area contributed by atoms with E-state index in [-0.39, 0.29) is 0 Å². The van der Waals surface area contributed by atoms with E-state index in [1.165, 1.54) is 11.9 Å². The van der Waals surface area contributed by atoms with E-state index in [9.17, 15) is 0 Å². The fourth-order valence-corrected chi connectivity index (χ4v) is 3.57. The molecule has 2 aromatic rings. The van der Waals surface area contributed by atoms with Crippen LogP contribution in [0, 0.1) is 5.92 Å². The molecule has 0 aliphatic carbocycles. The fraction of sp³-hybridized carbons (Fsp3) is 0.562. The first-order valence-corrected chi connectivity index (χ1v) is 7.49. The number of para-hydroxylation sites is 2. The molecule has 1 aromatic carbocycles. The Hall–Kier alpha value is -1.39. The molecule has 2 N–H and O–H groups in total. The Labute approximate surface area is 120 Å². The van der Waals surface area contributed by atoms with Crippen molar-refractivity contribution in [3.63, 3.8) is 0 Å². The van der Waals surface area contributed by atoms with Crippen LogP contribution >= 0.6 is 0 Å². The molecule has 1 fully saturated rings. The van der Waals surface area contributed by atoms with E-state index >= 15 is 0 Å². The van der Waals surface area contributed by atoms with Gasteiger partial charge in [-0.1, -0.05) is 12.1 Å². The zero-order chi connectivity index (χ0) is 14.3. The summed E-state index contributed by atoms with van der Waals surface area (Å²) in [6.45, 7) is 6.43. The lowest BCUT2D eigenvalue weighted by atomic mass is 10.1. The summed E-state index contributed by atoms with van der Waals surface area (Å²) in [5, 5.41) is 0. The normalized spacial score (nSPS) is 25.4. The van der Waals surface area contributed by atoms with Gasteiger partial charge in [-0.2, -0.15) is 0 Å². The van der Waals surface area contributed by atoms with E-state index in [4.69, 9.17) is 10.7 Å². The quantitative estimate of drug-likeness (QED) is 0.932. The van der Waals surface area contributed by atoms with Crippen LogP contribution in [-0.2, 0) is 7.05 Å². The Morgan fingerprint density at radius 3 is 2.80 bits per heavy atom. The molecule has 0 amide bonds. The zero-order valence-corrected chi connectivity index (χ0v) is 12.6. The van der Waals surface area contributed by atoms with Crippen molar-refractivity contribution in [3.05, 3.63) is 30.1 Å². The van der Waals surface area contributed by atoms with Gasteiger partial charge < -0.3 is 10.3 Å². The third kappa shape index (κ3) is 2.13. The highest BCUT2D eigenvalue weighted by Crippen LogP contribution is 2.32. The molecule has 1 aliphatic heterocycles. The van der Waals surface area contributed by atoms with Gasteiger partial charge in [0.1, 0.15) is 5.82 Å². The minimum atomic E-state index is 0.332. The van der Waals surface area contributed by atoms with E-state index in [0.717, 1.165) is 24.4 Å². The first-order valence-electron chi connectivity index (χ1n) is 7.49. The molecule has 0 radical (unpaired) electrons. The van der Waals surface area contributed by atoms with Crippen LogP contribution in [-0.4, -0.2) is 33.6 Å². The predicted molar refractivity (Wildman–Crippen MR) is 82.5 cm³/mol. The van der Waals surface area contributed by atoms with Gasteiger partial charge in [-0.15, -0.1) is 0 Å². The van der Waals surface area contributed by atoms with E-state index in [1.54, 1.807) is 0 Å². The maximum Gasteiger partial charge on any atom is 0.126 e. The standard InChI is InChI=1S/C16H24N4/c1-11-8-13(9-17)10-20(11)12(2)16-18-14-6-4-5-7-15(14)19(16)3/h4-7,11-13H,8-10,17H2,1-3H3. The Morgan fingerprint density at radius 2 is 2.15 bits per heavy atom. The van der Waals surface area contributed by atoms with Crippen molar-refractivity contribution in [2.75, 3.05) is 13.1 Å². The molecule has 0 saturated carbocycles. The van der Waals surface area contributed by atoms with Gasteiger partial charge in [-0.05, 0) is 44.9 Å². The Balaban J connectivity index is 1.92. The van der Waals surface area contributed by atoms with Crippen LogP contribution in [0.3, 0.4) is 0 Å².